The lowest BCUT2D eigenvalue weighted by atomic mass is 10.1. The van der Waals surface area contributed by atoms with Crippen molar-refractivity contribution in [2.24, 2.45) is 5.73 Å². The maximum Gasteiger partial charge on any atom is 0.264 e. The molecule has 0 unspecified atom stereocenters. The Kier molecular flexibility index (Phi) is 4.78. The highest BCUT2D eigenvalue weighted by Gasteiger charge is 2.20. The van der Waals surface area contributed by atoms with Gasteiger partial charge in [-0.25, -0.2) is 8.78 Å². The molecule has 0 spiro atoms. The van der Waals surface area contributed by atoms with E-state index in [-0.39, 0.29) is 24.1 Å². The number of ether oxygens (including phenoxy) is 2. The van der Waals surface area contributed by atoms with Gasteiger partial charge in [0.15, 0.2) is 18.2 Å². The average molecular weight is 361 g/mol. The van der Waals surface area contributed by atoms with Crippen LogP contribution in [0, 0.1) is 11.6 Å². The van der Waals surface area contributed by atoms with Gasteiger partial charge in [0.2, 0.25) is 5.82 Å². The molecule has 1 heterocycles. The van der Waals surface area contributed by atoms with Gasteiger partial charge in [0.25, 0.3) is 11.8 Å². The molecule has 1 aromatic heterocycles. The van der Waals surface area contributed by atoms with Gasteiger partial charge in [0.1, 0.15) is 17.1 Å². The number of nitrogens with two attached hydrogens (primary N) is 1. The normalized spacial score (nSPS) is 10.6. The van der Waals surface area contributed by atoms with Crippen LogP contribution in [0.3, 0.4) is 0 Å². The Hall–Kier alpha value is -3.49. The number of carbonyl (C=O) groups is 1. The Morgan fingerprint density at radius 3 is 2.69 bits per heavy atom. The number of benzene rings is 2. The number of aromatic nitrogens is 2. The third-order valence-electron chi connectivity index (χ3n) is 3.47. The first-order valence-corrected chi connectivity index (χ1v) is 7.38. The molecule has 1 amide bonds. The quantitative estimate of drug-likeness (QED) is 0.724. The SMILES string of the molecule is COc1ccccc1-c1noc(COc2ccc(F)c(C(N)=O)c2F)n1. The van der Waals surface area contributed by atoms with Gasteiger partial charge in [-0.05, 0) is 24.3 Å². The van der Waals surface area contributed by atoms with E-state index in [4.69, 9.17) is 19.7 Å². The number of nitrogens with zero attached hydrogens (tertiary/aromatic N) is 2. The number of carbonyl (C=O) groups excluding carboxylic acids is 1. The summed E-state index contributed by atoms with van der Waals surface area (Å²) in [6, 6.07) is 8.97. The zero-order valence-corrected chi connectivity index (χ0v) is 13.5. The zero-order chi connectivity index (χ0) is 18.7. The van der Waals surface area contributed by atoms with E-state index in [2.05, 4.69) is 10.1 Å². The number of hydrogen-bond donors (Lipinski definition) is 1. The van der Waals surface area contributed by atoms with Gasteiger partial charge < -0.3 is 19.7 Å². The number of rotatable bonds is 6. The molecule has 0 aliphatic rings. The van der Waals surface area contributed by atoms with E-state index in [9.17, 15) is 13.6 Å². The molecule has 0 radical (unpaired) electrons. The van der Waals surface area contributed by atoms with Crippen molar-refractivity contribution in [3.05, 3.63) is 59.5 Å². The number of methoxy groups -OCH3 is 1. The molecule has 0 aliphatic carbocycles. The molecular formula is C17H13F2N3O4. The molecule has 0 aliphatic heterocycles. The fourth-order valence-electron chi connectivity index (χ4n) is 2.26. The summed E-state index contributed by atoms with van der Waals surface area (Å²) < 4.78 is 43.0. The second-order valence-corrected chi connectivity index (χ2v) is 5.10. The summed E-state index contributed by atoms with van der Waals surface area (Å²) in [7, 11) is 1.51. The Labute approximate surface area is 146 Å². The summed E-state index contributed by atoms with van der Waals surface area (Å²) in [4.78, 5) is 15.3. The number of para-hydroxylation sites is 1. The molecule has 26 heavy (non-hydrogen) atoms. The van der Waals surface area contributed by atoms with Crippen molar-refractivity contribution in [1.29, 1.82) is 0 Å². The molecule has 134 valence electrons. The summed E-state index contributed by atoms with van der Waals surface area (Å²) in [6.07, 6.45) is 0. The largest absolute Gasteiger partial charge is 0.496 e. The van der Waals surface area contributed by atoms with Crippen LogP contribution in [0.5, 0.6) is 11.5 Å². The monoisotopic (exact) mass is 361 g/mol. The van der Waals surface area contributed by atoms with Crippen LogP contribution < -0.4 is 15.2 Å². The topological polar surface area (TPSA) is 100 Å². The van der Waals surface area contributed by atoms with Crippen molar-refractivity contribution in [1.82, 2.24) is 10.1 Å². The first kappa shape index (κ1) is 17.3. The Morgan fingerprint density at radius 1 is 1.19 bits per heavy atom. The summed E-state index contributed by atoms with van der Waals surface area (Å²) in [5.41, 5.74) is 4.69. The van der Waals surface area contributed by atoms with Crippen molar-refractivity contribution in [2.45, 2.75) is 6.61 Å². The average Bonchev–Trinajstić information content (AvgIpc) is 3.09. The number of hydrogen-bond acceptors (Lipinski definition) is 6. The molecule has 0 saturated heterocycles. The second-order valence-electron chi connectivity index (χ2n) is 5.10. The van der Waals surface area contributed by atoms with Crippen LogP contribution in [0.4, 0.5) is 8.78 Å². The summed E-state index contributed by atoms with van der Waals surface area (Å²) >= 11 is 0. The van der Waals surface area contributed by atoms with Gasteiger partial charge in [-0.1, -0.05) is 17.3 Å². The first-order chi connectivity index (χ1) is 12.5. The lowest BCUT2D eigenvalue weighted by Crippen LogP contribution is -2.16. The van der Waals surface area contributed by atoms with Crippen LogP contribution in [0.1, 0.15) is 16.2 Å². The highest BCUT2D eigenvalue weighted by atomic mass is 19.1. The Bertz CT molecular complexity index is 959. The third kappa shape index (κ3) is 3.32. The fraction of sp³-hybridized carbons (Fsp3) is 0.118. The van der Waals surface area contributed by atoms with Gasteiger partial charge in [0.05, 0.1) is 12.7 Å². The van der Waals surface area contributed by atoms with Crippen LogP contribution in [-0.4, -0.2) is 23.2 Å². The highest BCUT2D eigenvalue weighted by molar-refractivity contribution is 5.93. The molecule has 7 nitrogen and oxygen atoms in total. The van der Waals surface area contributed by atoms with Crippen LogP contribution in [0.25, 0.3) is 11.4 Å². The van der Waals surface area contributed by atoms with Crippen molar-refractivity contribution in [3.8, 4) is 22.9 Å². The molecule has 0 saturated carbocycles. The van der Waals surface area contributed by atoms with Gasteiger partial charge in [-0.15, -0.1) is 0 Å². The zero-order valence-electron chi connectivity index (χ0n) is 13.5. The smallest absolute Gasteiger partial charge is 0.264 e. The molecule has 2 aromatic carbocycles. The maximum atomic E-state index is 14.1. The lowest BCUT2D eigenvalue weighted by Gasteiger charge is -2.07. The number of amides is 1. The van der Waals surface area contributed by atoms with Gasteiger partial charge >= 0.3 is 0 Å². The van der Waals surface area contributed by atoms with E-state index in [0.29, 0.717) is 11.3 Å². The van der Waals surface area contributed by atoms with Crippen molar-refractivity contribution in [3.63, 3.8) is 0 Å². The van der Waals surface area contributed by atoms with Crippen LogP contribution in [0.15, 0.2) is 40.9 Å². The highest BCUT2D eigenvalue weighted by Crippen LogP contribution is 2.28. The molecule has 2 N–H and O–H groups in total. The summed E-state index contributed by atoms with van der Waals surface area (Å²) in [6.45, 7) is -0.289. The van der Waals surface area contributed by atoms with Crippen LogP contribution >= 0.6 is 0 Å². The molecule has 3 aromatic rings. The van der Waals surface area contributed by atoms with E-state index in [1.54, 1.807) is 24.3 Å². The van der Waals surface area contributed by atoms with Crippen LogP contribution in [-0.2, 0) is 6.61 Å². The standard InChI is InChI=1S/C17H13F2N3O4/c1-24-11-5-3-2-4-9(11)17-21-13(26-22-17)8-25-12-7-6-10(18)14(15(12)19)16(20)23/h2-7H,8H2,1H3,(H2,20,23). The molecular weight excluding hydrogens is 348 g/mol. The van der Waals surface area contributed by atoms with Crippen molar-refractivity contribution < 1.29 is 27.6 Å². The van der Waals surface area contributed by atoms with E-state index >= 15 is 0 Å². The first-order valence-electron chi connectivity index (χ1n) is 7.38. The summed E-state index contributed by atoms with van der Waals surface area (Å²) in [5.74, 6) is -3.00. The Morgan fingerprint density at radius 2 is 1.96 bits per heavy atom. The lowest BCUT2D eigenvalue weighted by molar-refractivity contribution is 0.0991. The summed E-state index contributed by atoms with van der Waals surface area (Å²) in [5, 5.41) is 3.82. The Balaban J connectivity index is 1.79. The van der Waals surface area contributed by atoms with Crippen molar-refractivity contribution >= 4 is 5.91 Å². The minimum atomic E-state index is -1.23. The van der Waals surface area contributed by atoms with Gasteiger partial charge in [-0.3, -0.25) is 4.79 Å². The van der Waals surface area contributed by atoms with E-state index in [1.807, 2.05) is 0 Å². The number of primary amides is 1. The number of halogens is 2. The van der Waals surface area contributed by atoms with Gasteiger partial charge in [-0.2, -0.15) is 4.98 Å². The molecule has 0 atom stereocenters. The third-order valence-corrected chi connectivity index (χ3v) is 3.47. The van der Waals surface area contributed by atoms with E-state index in [1.165, 1.54) is 7.11 Å². The van der Waals surface area contributed by atoms with E-state index in [0.717, 1.165) is 12.1 Å². The van der Waals surface area contributed by atoms with Gasteiger partial charge in [0, 0.05) is 0 Å². The predicted molar refractivity (Wildman–Crippen MR) is 85.5 cm³/mol. The van der Waals surface area contributed by atoms with E-state index < -0.39 is 23.1 Å². The van der Waals surface area contributed by atoms with Crippen LogP contribution in [0.2, 0.25) is 0 Å². The molecule has 0 bridgehead atoms. The minimum absolute atomic E-state index is 0.0512. The fourth-order valence-corrected chi connectivity index (χ4v) is 2.26. The predicted octanol–water partition coefficient (Wildman–Crippen LogP) is 2.70. The van der Waals surface area contributed by atoms with Crippen molar-refractivity contribution in [2.75, 3.05) is 7.11 Å². The minimum Gasteiger partial charge on any atom is -0.496 e. The molecule has 9 heteroatoms. The molecule has 0 fully saturated rings. The maximum absolute atomic E-state index is 14.1. The second kappa shape index (κ2) is 7.18. The molecule has 3 rings (SSSR count).